The fraction of sp³-hybridized carbons (Fsp3) is 0.333. The first-order valence-electron chi connectivity index (χ1n) is 3.09. The molecule has 5 nitrogen and oxygen atoms in total. The average Bonchev–Trinajstić information content (AvgIpc) is 1.85. The van der Waals surface area contributed by atoms with Crippen LogP contribution in [0.3, 0.4) is 0 Å². The molecule has 1 aliphatic heterocycles. The van der Waals surface area contributed by atoms with Crippen LogP contribution in [0.4, 0.5) is 4.79 Å². The molecule has 0 saturated carbocycles. The van der Waals surface area contributed by atoms with Gasteiger partial charge < -0.3 is 5.11 Å². The summed E-state index contributed by atoms with van der Waals surface area (Å²) in [6, 6.07) is -0.467. The van der Waals surface area contributed by atoms with Gasteiger partial charge in [0.15, 0.2) is 0 Å². The second-order valence-corrected chi connectivity index (χ2v) is 2.23. The summed E-state index contributed by atoms with van der Waals surface area (Å²) >= 11 is 0. The Bertz CT molecular complexity index is 234. The summed E-state index contributed by atoms with van der Waals surface area (Å²) in [5.74, 6) is 0.321. The first kappa shape index (κ1) is 7.74. The van der Waals surface area contributed by atoms with E-state index in [1.165, 1.54) is 0 Å². The monoisotopic (exact) mass is 155 g/mol. The summed E-state index contributed by atoms with van der Waals surface area (Å²) in [5.41, 5.74) is 0.610. The number of aliphatic imine (C=N–C) groups is 1. The summed E-state index contributed by atoms with van der Waals surface area (Å²) in [4.78, 5) is 14.3. The van der Waals surface area contributed by atoms with E-state index in [4.69, 9.17) is 5.11 Å². The van der Waals surface area contributed by atoms with Gasteiger partial charge in [0, 0.05) is 0 Å². The molecule has 11 heavy (non-hydrogen) atoms. The largest absolute Gasteiger partial charge is 0.355 e. The van der Waals surface area contributed by atoms with Crippen molar-refractivity contribution in [3.05, 3.63) is 12.2 Å². The van der Waals surface area contributed by atoms with E-state index in [0.29, 0.717) is 11.4 Å². The molecule has 0 fully saturated rings. The third kappa shape index (κ3) is 1.78. The highest BCUT2D eigenvalue weighted by atomic mass is 16.3. The first-order valence-corrected chi connectivity index (χ1v) is 3.09. The van der Waals surface area contributed by atoms with Crippen LogP contribution < -0.4 is 10.6 Å². The van der Waals surface area contributed by atoms with Gasteiger partial charge in [-0.3, -0.25) is 10.6 Å². The molecule has 1 atom stereocenters. The van der Waals surface area contributed by atoms with E-state index in [2.05, 4.69) is 22.2 Å². The Balaban J connectivity index is 2.80. The van der Waals surface area contributed by atoms with Gasteiger partial charge in [-0.15, -0.1) is 0 Å². The van der Waals surface area contributed by atoms with Crippen LogP contribution in [-0.4, -0.2) is 23.3 Å². The zero-order valence-corrected chi connectivity index (χ0v) is 6.09. The van der Waals surface area contributed by atoms with Gasteiger partial charge in [-0.25, -0.2) is 9.79 Å². The van der Waals surface area contributed by atoms with Gasteiger partial charge in [0.25, 0.3) is 0 Å². The van der Waals surface area contributed by atoms with Gasteiger partial charge in [-0.1, -0.05) is 6.58 Å². The van der Waals surface area contributed by atoms with E-state index in [1.807, 2.05) is 0 Å². The second-order valence-electron chi connectivity index (χ2n) is 2.23. The number of amides is 2. The van der Waals surface area contributed by atoms with Crippen LogP contribution >= 0.6 is 0 Å². The maximum Gasteiger partial charge on any atom is 0.323 e. The molecule has 0 bridgehead atoms. The highest BCUT2D eigenvalue weighted by Gasteiger charge is 2.16. The minimum absolute atomic E-state index is 0.321. The van der Waals surface area contributed by atoms with Crippen LogP contribution in [0.15, 0.2) is 17.1 Å². The fourth-order valence-electron chi connectivity index (χ4n) is 0.665. The molecular weight excluding hydrogens is 146 g/mol. The molecule has 60 valence electrons. The molecule has 5 heteroatoms. The molecule has 1 heterocycles. The van der Waals surface area contributed by atoms with Gasteiger partial charge in [-0.2, -0.15) is 0 Å². The van der Waals surface area contributed by atoms with Gasteiger partial charge in [0.05, 0.1) is 0 Å². The van der Waals surface area contributed by atoms with E-state index in [1.54, 1.807) is 6.92 Å². The van der Waals surface area contributed by atoms with Crippen LogP contribution in [0.5, 0.6) is 0 Å². The van der Waals surface area contributed by atoms with Crippen LogP contribution in [0.2, 0.25) is 0 Å². The Kier molecular flexibility index (Phi) is 1.91. The van der Waals surface area contributed by atoms with Crippen molar-refractivity contribution < 1.29 is 9.90 Å². The minimum atomic E-state index is -1.16. The van der Waals surface area contributed by atoms with Crippen molar-refractivity contribution in [3.63, 3.8) is 0 Å². The normalized spacial score (nSPS) is 23.3. The molecule has 2 amide bonds. The van der Waals surface area contributed by atoms with Crippen molar-refractivity contribution in [2.75, 3.05) is 0 Å². The van der Waals surface area contributed by atoms with E-state index in [0.717, 1.165) is 0 Å². The number of aliphatic hydroxyl groups is 1. The van der Waals surface area contributed by atoms with E-state index in [9.17, 15) is 4.79 Å². The summed E-state index contributed by atoms with van der Waals surface area (Å²) in [5, 5.41) is 13.4. The number of rotatable bonds is 1. The molecule has 1 unspecified atom stereocenters. The number of hydrogen-bond acceptors (Lipinski definition) is 3. The zero-order valence-electron chi connectivity index (χ0n) is 6.09. The molecule has 3 N–H and O–H groups in total. The minimum Gasteiger partial charge on any atom is -0.355 e. The number of aliphatic hydroxyl groups excluding tert-OH is 1. The summed E-state index contributed by atoms with van der Waals surface area (Å²) in [6.45, 7) is 5.25. The predicted molar refractivity (Wildman–Crippen MR) is 39.9 cm³/mol. The molecule has 0 saturated heterocycles. The van der Waals surface area contributed by atoms with Crippen molar-refractivity contribution in [2.45, 2.75) is 13.3 Å². The van der Waals surface area contributed by atoms with Crippen molar-refractivity contribution in [1.29, 1.82) is 0 Å². The Labute approximate surface area is 63.8 Å². The van der Waals surface area contributed by atoms with Crippen molar-refractivity contribution in [2.24, 2.45) is 4.99 Å². The lowest BCUT2D eigenvalue weighted by molar-refractivity contribution is 0.145. The lowest BCUT2D eigenvalue weighted by Gasteiger charge is -2.18. The topological polar surface area (TPSA) is 73.7 Å². The molecule has 0 aromatic heterocycles. The van der Waals surface area contributed by atoms with Crippen LogP contribution in [0, 0.1) is 0 Å². The molecule has 0 radical (unpaired) electrons. The Hall–Kier alpha value is -1.36. The van der Waals surface area contributed by atoms with Gasteiger partial charge >= 0.3 is 6.03 Å². The number of hydrogen-bond donors (Lipinski definition) is 3. The molecule has 1 aliphatic rings. The van der Waals surface area contributed by atoms with E-state index >= 15 is 0 Å². The van der Waals surface area contributed by atoms with E-state index < -0.39 is 12.4 Å². The molecule has 1 rings (SSSR count). The summed E-state index contributed by atoms with van der Waals surface area (Å²) < 4.78 is 0. The molecular formula is C6H9N3O2. The van der Waals surface area contributed by atoms with Crippen molar-refractivity contribution in [1.82, 2.24) is 10.6 Å². The number of carbonyl (C=O) groups excluding carboxylic acids is 1. The average molecular weight is 155 g/mol. The Morgan fingerprint density at radius 2 is 2.45 bits per heavy atom. The predicted octanol–water partition coefficient (Wildman–Crippen LogP) is -0.450. The lowest BCUT2D eigenvalue weighted by atomic mass is 10.3. The van der Waals surface area contributed by atoms with E-state index in [-0.39, 0.29) is 0 Å². The highest BCUT2D eigenvalue weighted by molar-refractivity contribution is 6.07. The molecule has 0 aromatic rings. The quantitative estimate of drug-likeness (QED) is 0.479. The second kappa shape index (κ2) is 2.71. The van der Waals surface area contributed by atoms with Gasteiger partial charge in [-0.05, 0) is 12.5 Å². The third-order valence-corrected chi connectivity index (χ3v) is 1.15. The number of carbonyl (C=O) groups is 1. The maximum absolute atomic E-state index is 10.7. The van der Waals surface area contributed by atoms with Crippen molar-refractivity contribution >= 4 is 11.9 Å². The molecule has 0 spiro atoms. The van der Waals surface area contributed by atoms with Crippen LogP contribution in [0.1, 0.15) is 6.92 Å². The SMILES string of the molecule is C=C(C)C1=NC(O)NC(=O)N1. The first-order chi connectivity index (χ1) is 5.09. The Morgan fingerprint density at radius 1 is 1.82 bits per heavy atom. The maximum atomic E-state index is 10.7. The molecule has 0 aliphatic carbocycles. The summed E-state index contributed by atoms with van der Waals surface area (Å²) in [7, 11) is 0. The fourth-order valence-corrected chi connectivity index (χ4v) is 0.665. The van der Waals surface area contributed by atoms with Crippen LogP contribution in [-0.2, 0) is 0 Å². The van der Waals surface area contributed by atoms with Crippen LogP contribution in [0.25, 0.3) is 0 Å². The summed E-state index contributed by atoms with van der Waals surface area (Å²) in [6.07, 6.45) is -1.16. The van der Waals surface area contributed by atoms with Gasteiger partial charge in [0.1, 0.15) is 5.84 Å². The highest BCUT2D eigenvalue weighted by Crippen LogP contribution is 1.96. The molecule has 0 aromatic carbocycles. The zero-order chi connectivity index (χ0) is 8.43. The Morgan fingerprint density at radius 3 is 2.91 bits per heavy atom. The van der Waals surface area contributed by atoms with Gasteiger partial charge in [0.2, 0.25) is 6.35 Å². The lowest BCUT2D eigenvalue weighted by Crippen LogP contribution is -2.49. The number of amidine groups is 1. The van der Waals surface area contributed by atoms with Crippen molar-refractivity contribution in [3.8, 4) is 0 Å². The number of nitrogens with one attached hydrogen (secondary N) is 2. The standard InChI is InChI=1S/C6H9N3O2/c1-3(2)4-7-5(10)9-6(11)8-4/h5,10H,1H2,2H3,(H2,7,8,9,11). The number of urea groups is 1. The third-order valence-electron chi connectivity index (χ3n) is 1.15. The number of nitrogens with zero attached hydrogens (tertiary/aromatic N) is 1. The smallest absolute Gasteiger partial charge is 0.323 e.